The molecule has 2 atom stereocenters. The first-order valence-corrected chi connectivity index (χ1v) is 12.4. The first kappa shape index (κ1) is 21.5. The van der Waals surface area contributed by atoms with Crippen molar-refractivity contribution in [2.24, 2.45) is 0 Å². The lowest BCUT2D eigenvalue weighted by Crippen LogP contribution is -2.42. The van der Waals surface area contributed by atoms with Gasteiger partial charge in [-0.05, 0) is 39.0 Å². The summed E-state index contributed by atoms with van der Waals surface area (Å²) in [6.45, 7) is 2.78. The zero-order valence-corrected chi connectivity index (χ0v) is 18.7. The summed E-state index contributed by atoms with van der Waals surface area (Å²) in [4.78, 5) is 13.4. The van der Waals surface area contributed by atoms with Crippen molar-refractivity contribution in [1.82, 2.24) is 19.3 Å². The van der Waals surface area contributed by atoms with Gasteiger partial charge in [0.25, 0.3) is 0 Å². The van der Waals surface area contributed by atoms with Crippen LogP contribution in [0.1, 0.15) is 39.0 Å². The fourth-order valence-electron chi connectivity index (χ4n) is 4.22. The monoisotopic (exact) mass is 454 g/mol. The lowest BCUT2D eigenvalue weighted by Gasteiger charge is -2.30. The molecule has 3 N–H and O–H groups in total. The Bertz CT molecular complexity index is 1040. The lowest BCUT2D eigenvalue weighted by molar-refractivity contribution is 0.0578. The molecule has 0 amide bonds. The second-order valence-electron chi connectivity index (χ2n) is 8.44. The maximum absolute atomic E-state index is 11.7. The average Bonchev–Trinajstić information content (AvgIpc) is 3.02. The second kappa shape index (κ2) is 8.07. The highest BCUT2D eigenvalue weighted by molar-refractivity contribution is 7.88. The minimum Gasteiger partial charge on any atom is -0.388 e. The van der Waals surface area contributed by atoms with Crippen molar-refractivity contribution in [3.05, 3.63) is 17.4 Å². The molecule has 30 heavy (non-hydrogen) atoms. The summed E-state index contributed by atoms with van der Waals surface area (Å²) < 4.78 is 24.9. The van der Waals surface area contributed by atoms with Crippen molar-refractivity contribution in [3.63, 3.8) is 0 Å². The van der Waals surface area contributed by atoms with Crippen molar-refractivity contribution in [1.29, 1.82) is 0 Å². The van der Waals surface area contributed by atoms with Gasteiger partial charge >= 0.3 is 0 Å². The van der Waals surface area contributed by atoms with E-state index in [9.17, 15) is 13.5 Å². The van der Waals surface area contributed by atoms with E-state index in [-0.39, 0.29) is 12.1 Å². The summed E-state index contributed by atoms with van der Waals surface area (Å²) in [6.07, 6.45) is 8.37. The normalized spacial score (nSPS) is 26.2. The van der Waals surface area contributed by atoms with Crippen LogP contribution in [-0.2, 0) is 10.0 Å². The number of sulfonamides is 1. The summed E-state index contributed by atoms with van der Waals surface area (Å²) in [7, 11) is -3.16. The van der Waals surface area contributed by atoms with E-state index in [1.165, 1.54) is 10.6 Å². The van der Waals surface area contributed by atoms with Gasteiger partial charge in [0, 0.05) is 36.9 Å². The van der Waals surface area contributed by atoms with Crippen LogP contribution in [0.2, 0.25) is 5.02 Å². The Kier molecular flexibility index (Phi) is 5.78. The van der Waals surface area contributed by atoms with Crippen LogP contribution in [0, 0.1) is 0 Å². The summed E-state index contributed by atoms with van der Waals surface area (Å²) >= 11 is 6.30. The fraction of sp³-hybridized carbons (Fsp3) is 0.632. The minimum absolute atomic E-state index is 0.0829. The molecule has 1 unspecified atom stereocenters. The summed E-state index contributed by atoms with van der Waals surface area (Å²) in [6, 6.07) is -0.0272. The molecule has 1 saturated heterocycles. The van der Waals surface area contributed by atoms with E-state index in [0.29, 0.717) is 53.6 Å². The van der Waals surface area contributed by atoms with Crippen molar-refractivity contribution >= 4 is 44.3 Å². The molecule has 0 radical (unpaired) electrons. The van der Waals surface area contributed by atoms with Crippen LogP contribution in [0.4, 0.5) is 11.8 Å². The van der Waals surface area contributed by atoms with Gasteiger partial charge in [-0.3, -0.25) is 0 Å². The van der Waals surface area contributed by atoms with E-state index in [0.717, 1.165) is 19.3 Å². The molecule has 164 valence electrons. The SMILES string of the molecule is C[C@@]1(O)CCCC1Nc1ncc(Cl)c2cnc(NC3CCN(S(C)(=O)=O)CC3)nc12. The van der Waals surface area contributed by atoms with Crippen LogP contribution >= 0.6 is 11.6 Å². The summed E-state index contributed by atoms with van der Waals surface area (Å²) in [5, 5.41) is 18.4. The Balaban J connectivity index is 1.54. The van der Waals surface area contributed by atoms with Crippen LogP contribution in [0.25, 0.3) is 10.9 Å². The van der Waals surface area contributed by atoms with Crippen LogP contribution < -0.4 is 10.6 Å². The molecule has 2 aromatic rings. The number of aromatic nitrogens is 3. The highest BCUT2D eigenvalue weighted by Gasteiger charge is 2.37. The summed E-state index contributed by atoms with van der Waals surface area (Å²) in [5.74, 6) is 1.02. The van der Waals surface area contributed by atoms with Crippen LogP contribution in [0.5, 0.6) is 0 Å². The predicted octanol–water partition coefficient (Wildman–Crippen LogP) is 2.23. The molecule has 3 heterocycles. The molecule has 0 spiro atoms. The molecular weight excluding hydrogens is 428 g/mol. The lowest BCUT2D eigenvalue weighted by atomic mass is 10.0. The Hall–Kier alpha value is -1.75. The number of hydrogen-bond acceptors (Lipinski definition) is 8. The topological polar surface area (TPSA) is 120 Å². The first-order valence-electron chi connectivity index (χ1n) is 10.2. The standard InChI is InChI=1S/C19H27ClN6O3S/c1-19(27)7-3-4-15(19)24-17-16-13(14(20)11-21-17)10-22-18(25-16)23-12-5-8-26(9-6-12)30(2,28)29/h10-12,15,27H,3-9H2,1-2H3,(H,21,24)(H,22,23,25)/t15?,19-/m1/s1. The molecule has 0 aromatic carbocycles. The van der Waals surface area contributed by atoms with Gasteiger partial charge in [0.05, 0.1) is 22.9 Å². The second-order valence-corrected chi connectivity index (χ2v) is 10.8. The molecule has 2 aliphatic rings. The number of halogens is 1. The number of fused-ring (bicyclic) bond motifs is 1. The van der Waals surface area contributed by atoms with Gasteiger partial charge in [-0.15, -0.1) is 0 Å². The fourth-order valence-corrected chi connectivity index (χ4v) is 5.28. The molecule has 4 rings (SSSR count). The number of aliphatic hydroxyl groups is 1. The molecule has 1 aliphatic heterocycles. The van der Waals surface area contributed by atoms with Gasteiger partial charge in [-0.2, -0.15) is 0 Å². The van der Waals surface area contributed by atoms with Gasteiger partial charge in [-0.25, -0.2) is 27.7 Å². The molecule has 2 fully saturated rings. The molecule has 2 aromatic heterocycles. The molecule has 11 heteroatoms. The summed E-state index contributed by atoms with van der Waals surface area (Å²) in [5.41, 5.74) is -0.203. The quantitative estimate of drug-likeness (QED) is 0.629. The molecule has 0 bridgehead atoms. The first-order chi connectivity index (χ1) is 14.1. The third-order valence-corrected chi connectivity index (χ3v) is 7.68. The van der Waals surface area contributed by atoms with E-state index in [2.05, 4.69) is 25.6 Å². The van der Waals surface area contributed by atoms with Crippen molar-refractivity contribution < 1.29 is 13.5 Å². The maximum atomic E-state index is 11.7. The van der Waals surface area contributed by atoms with Gasteiger partial charge in [-0.1, -0.05) is 11.6 Å². The number of anilines is 2. The third kappa shape index (κ3) is 4.46. The molecule has 9 nitrogen and oxygen atoms in total. The Labute approximate surface area is 181 Å². The average molecular weight is 455 g/mol. The number of pyridine rings is 1. The largest absolute Gasteiger partial charge is 0.388 e. The number of hydrogen-bond donors (Lipinski definition) is 3. The Morgan fingerprint density at radius 1 is 1.20 bits per heavy atom. The highest BCUT2D eigenvalue weighted by atomic mass is 35.5. The number of piperidine rings is 1. The van der Waals surface area contributed by atoms with Gasteiger partial charge in [0.1, 0.15) is 5.52 Å². The van der Waals surface area contributed by atoms with Crippen LogP contribution in [0.15, 0.2) is 12.4 Å². The molecule has 1 aliphatic carbocycles. The van der Waals surface area contributed by atoms with Crippen LogP contribution in [0.3, 0.4) is 0 Å². The van der Waals surface area contributed by atoms with Gasteiger partial charge < -0.3 is 15.7 Å². The molecular formula is C19H27ClN6O3S. The van der Waals surface area contributed by atoms with E-state index in [4.69, 9.17) is 11.6 Å². The zero-order valence-electron chi connectivity index (χ0n) is 17.1. The minimum atomic E-state index is -3.16. The van der Waals surface area contributed by atoms with Crippen molar-refractivity contribution in [2.75, 3.05) is 30.0 Å². The van der Waals surface area contributed by atoms with Crippen molar-refractivity contribution in [2.45, 2.75) is 56.7 Å². The van der Waals surface area contributed by atoms with E-state index in [1.807, 2.05) is 6.92 Å². The Morgan fingerprint density at radius 3 is 2.57 bits per heavy atom. The Morgan fingerprint density at radius 2 is 1.93 bits per heavy atom. The highest BCUT2D eigenvalue weighted by Crippen LogP contribution is 2.34. The number of rotatable bonds is 5. The zero-order chi connectivity index (χ0) is 21.5. The predicted molar refractivity (Wildman–Crippen MR) is 117 cm³/mol. The molecule has 1 saturated carbocycles. The van der Waals surface area contributed by atoms with E-state index in [1.54, 1.807) is 12.4 Å². The van der Waals surface area contributed by atoms with Crippen LogP contribution in [-0.4, -0.2) is 69.8 Å². The smallest absolute Gasteiger partial charge is 0.223 e. The van der Waals surface area contributed by atoms with E-state index >= 15 is 0 Å². The van der Waals surface area contributed by atoms with Gasteiger partial charge in [0.15, 0.2) is 5.82 Å². The third-order valence-electron chi connectivity index (χ3n) is 6.07. The van der Waals surface area contributed by atoms with Crippen molar-refractivity contribution in [3.8, 4) is 0 Å². The van der Waals surface area contributed by atoms with Gasteiger partial charge in [0.2, 0.25) is 16.0 Å². The maximum Gasteiger partial charge on any atom is 0.223 e. The number of nitrogens with one attached hydrogen (secondary N) is 2. The number of nitrogens with zero attached hydrogens (tertiary/aromatic N) is 4. The van der Waals surface area contributed by atoms with E-state index < -0.39 is 15.6 Å².